The smallest absolute Gasteiger partial charge is 0.870 e. The van der Waals surface area contributed by atoms with Gasteiger partial charge in [0.1, 0.15) is 11.1 Å². The van der Waals surface area contributed by atoms with Gasteiger partial charge in [-0.05, 0) is 54.9 Å². The number of hydrogen-bond donors (Lipinski definition) is 1. The second-order valence-electron chi connectivity index (χ2n) is 15.1. The van der Waals surface area contributed by atoms with Crippen molar-refractivity contribution >= 4 is 11.9 Å². The van der Waals surface area contributed by atoms with E-state index in [1.807, 2.05) is 21.3 Å². The maximum Gasteiger partial charge on any atom is 1.00 e. The summed E-state index contributed by atoms with van der Waals surface area (Å²) in [4.78, 5) is 58.0. The van der Waals surface area contributed by atoms with Crippen molar-refractivity contribution < 1.29 is 72.2 Å². The van der Waals surface area contributed by atoms with Gasteiger partial charge >= 0.3 is 30.8 Å². The number of aromatic carboxylic acids is 1. The number of carbonyl (C=O) groups is 2. The molecule has 0 saturated carbocycles. The molecule has 62 heavy (non-hydrogen) atoms. The van der Waals surface area contributed by atoms with Crippen molar-refractivity contribution in [2.75, 3.05) is 61.5 Å². The molecule has 2 N–H and O–H groups in total. The molecule has 0 spiro atoms. The van der Waals surface area contributed by atoms with E-state index < -0.39 is 17.4 Å². The molecule has 0 bridgehead atoms. The van der Waals surface area contributed by atoms with Crippen molar-refractivity contribution in [2.24, 2.45) is 11.8 Å². The molecule has 0 fully saturated rings. The molecule has 17 nitrogen and oxygen atoms in total. The summed E-state index contributed by atoms with van der Waals surface area (Å²) in [5, 5.41) is 9.35. The summed E-state index contributed by atoms with van der Waals surface area (Å²) in [7, 11) is 6.34. The molecule has 2 aliphatic rings. The van der Waals surface area contributed by atoms with Gasteiger partial charge in [0.25, 0.3) is 11.8 Å². The van der Waals surface area contributed by atoms with Crippen LogP contribution in [-0.4, -0.2) is 103 Å². The second-order valence-corrected chi connectivity index (χ2v) is 15.1. The molecule has 4 aromatic rings. The maximum atomic E-state index is 12.7. The fourth-order valence-electron chi connectivity index (χ4n) is 7.37. The number of ether oxygens (including phenoxy) is 7. The third-order valence-electron chi connectivity index (χ3n) is 10.4. The third-order valence-corrected chi connectivity index (χ3v) is 10.4. The molecule has 0 amide bonds. The minimum atomic E-state index is -1.23. The largest absolute Gasteiger partial charge is 1.00 e. The van der Waals surface area contributed by atoms with Crippen LogP contribution in [0.4, 0.5) is 0 Å². The van der Waals surface area contributed by atoms with Crippen molar-refractivity contribution in [3.63, 3.8) is 0 Å². The van der Waals surface area contributed by atoms with Gasteiger partial charge < -0.3 is 52.9 Å². The van der Waals surface area contributed by atoms with Gasteiger partial charge in [-0.1, -0.05) is 27.7 Å². The maximum absolute atomic E-state index is 12.7. The number of nitrogens with zero attached hydrogens (tertiary/aromatic N) is 4. The Bertz CT molecular complexity index is 2290. The number of pyridine rings is 4. The molecule has 0 aromatic carbocycles. The van der Waals surface area contributed by atoms with Crippen LogP contribution in [0.15, 0.2) is 46.2 Å². The van der Waals surface area contributed by atoms with Gasteiger partial charge in [-0.3, -0.25) is 9.59 Å². The summed E-state index contributed by atoms with van der Waals surface area (Å²) in [5.41, 5.74) is 3.28. The molecule has 0 radical (unpaired) electrons. The number of carboxylic acid groups (broad SMARTS) is 1. The van der Waals surface area contributed by atoms with Crippen LogP contribution in [0, 0.1) is 11.8 Å². The Labute approximate surface area is 373 Å². The summed E-state index contributed by atoms with van der Waals surface area (Å²) in [6.45, 7) is 12.4. The van der Waals surface area contributed by atoms with E-state index >= 15 is 0 Å². The van der Waals surface area contributed by atoms with E-state index in [1.54, 1.807) is 27.3 Å². The Morgan fingerprint density at radius 1 is 0.710 bits per heavy atom. The van der Waals surface area contributed by atoms with Gasteiger partial charge in [0.05, 0.1) is 56.8 Å². The summed E-state index contributed by atoms with van der Waals surface area (Å²) >= 11 is 0. The first-order valence-electron chi connectivity index (χ1n) is 20.1. The molecular weight excluding hydrogens is 799 g/mol. The number of carbonyl (C=O) groups excluding carboxylic acids is 1. The number of aromatic nitrogens is 4. The molecule has 6 rings (SSSR count). The minimum absolute atomic E-state index is 0. The molecule has 18 heteroatoms. The fraction of sp³-hybridized carbons (Fsp3) is 0.500. The minimum Gasteiger partial charge on any atom is -0.870 e. The van der Waals surface area contributed by atoms with Crippen LogP contribution < -0.4 is 48.7 Å². The van der Waals surface area contributed by atoms with E-state index in [2.05, 4.69) is 37.7 Å². The van der Waals surface area contributed by atoms with Crippen LogP contribution in [0.1, 0.15) is 91.4 Å². The number of hydrogen-bond acceptors (Lipinski definition) is 14. The van der Waals surface area contributed by atoms with Crippen LogP contribution in [0.5, 0.6) is 23.3 Å². The van der Waals surface area contributed by atoms with Gasteiger partial charge in [0.2, 0.25) is 0 Å². The molecule has 0 unspecified atom stereocenters. The van der Waals surface area contributed by atoms with Crippen LogP contribution in [0.3, 0.4) is 0 Å². The number of rotatable bonds is 17. The predicted molar refractivity (Wildman–Crippen MR) is 225 cm³/mol. The van der Waals surface area contributed by atoms with Gasteiger partial charge in [-0.2, -0.15) is 0 Å². The van der Waals surface area contributed by atoms with Crippen molar-refractivity contribution in [3.8, 4) is 46.0 Å². The number of methoxy groups -OCH3 is 4. The Balaban J connectivity index is 0.000000321. The van der Waals surface area contributed by atoms with Crippen LogP contribution in [-0.2, 0) is 27.1 Å². The van der Waals surface area contributed by atoms with E-state index in [0.29, 0.717) is 85.3 Å². The summed E-state index contributed by atoms with van der Waals surface area (Å²) < 4.78 is 41.6. The molecule has 0 saturated heterocycles. The second kappa shape index (κ2) is 23.3. The Morgan fingerprint density at radius 3 is 1.50 bits per heavy atom. The van der Waals surface area contributed by atoms with Gasteiger partial charge in [-0.25, -0.2) is 19.6 Å². The van der Waals surface area contributed by atoms with Crippen LogP contribution >= 0.6 is 0 Å². The number of carboxylic acids is 1. The molecule has 2 atom stereocenters. The zero-order valence-electron chi connectivity index (χ0n) is 37.3. The average molecular weight is 857 g/mol. The normalized spacial score (nSPS) is 14.4. The number of esters is 1. The van der Waals surface area contributed by atoms with Gasteiger partial charge in [-0.15, -0.1) is 0 Å². The van der Waals surface area contributed by atoms with Crippen molar-refractivity contribution in [3.05, 3.63) is 79.4 Å². The van der Waals surface area contributed by atoms with E-state index in [-0.39, 0.29) is 71.4 Å². The predicted octanol–water partition coefficient (Wildman–Crippen LogP) is 2.88. The average Bonchev–Trinajstić information content (AvgIpc) is 3.22. The van der Waals surface area contributed by atoms with Crippen molar-refractivity contribution in [1.29, 1.82) is 0 Å². The molecule has 2 aliphatic heterocycles. The molecule has 0 aliphatic carbocycles. The van der Waals surface area contributed by atoms with Crippen LogP contribution in [0.25, 0.3) is 22.8 Å². The molecular formula is C44H57LiN4O13. The van der Waals surface area contributed by atoms with Crippen LogP contribution in [0.2, 0.25) is 0 Å². The molecule has 4 aromatic heterocycles. The Hall–Kier alpha value is -5.18. The fourth-order valence-corrected chi connectivity index (χ4v) is 7.37. The van der Waals surface area contributed by atoms with Gasteiger partial charge in [0.15, 0.2) is 22.4 Å². The number of fused-ring (bicyclic) bond motifs is 6. The van der Waals surface area contributed by atoms with E-state index in [4.69, 9.17) is 33.2 Å². The Kier molecular flexibility index (Phi) is 19.2. The first-order chi connectivity index (χ1) is 28.8. The molecule has 6 heterocycles. The van der Waals surface area contributed by atoms with Crippen molar-refractivity contribution in [2.45, 2.75) is 72.4 Å². The molecule has 332 valence electrons. The topological polar surface area (TPSA) is 219 Å². The summed E-state index contributed by atoms with van der Waals surface area (Å²) in [6, 6.07) is 6.70. The zero-order chi connectivity index (χ0) is 43.7. The van der Waals surface area contributed by atoms with E-state index in [0.717, 1.165) is 24.0 Å². The Morgan fingerprint density at radius 2 is 1.13 bits per heavy atom. The first kappa shape index (κ1) is 51.2. The third kappa shape index (κ3) is 11.4. The first-order valence-corrected chi connectivity index (χ1v) is 20.1. The monoisotopic (exact) mass is 856 g/mol. The summed E-state index contributed by atoms with van der Waals surface area (Å²) in [6.07, 6.45) is 5.86. The quantitative estimate of drug-likeness (QED) is 0.0917. The SMILES string of the molecule is CCOC(=O)c1cn2c(cc1=O)-c1nc(OC)c(OCCCOC)cc1C[C@H]2C(C)C.COCCCOc1cc2c(nc1OC)-c1cc(=O)c(C(=O)O)cn1[C@H](C(C)C)C2.[Li+].[OH-]. The van der Waals surface area contributed by atoms with E-state index in [1.165, 1.54) is 32.5 Å². The van der Waals surface area contributed by atoms with Gasteiger partial charge in [0, 0.05) is 76.9 Å². The summed E-state index contributed by atoms with van der Waals surface area (Å²) in [5.74, 6) is 0.432. The van der Waals surface area contributed by atoms with Crippen molar-refractivity contribution in [1.82, 2.24) is 19.1 Å². The zero-order valence-corrected chi connectivity index (χ0v) is 37.3. The standard InChI is InChI=1S/C23H30N2O6.C21H26N2O6.Li.H2O/c1-6-30-23(27)16-13-25-17(14(2)3)10-15-11-20(31-9-7-8-28-4)22(29-5)24-21(15)18(25)12-19(16)26;1-12(2)15-8-13-9-18(29-7-5-6-27-3)20(28-4)22-19(13)16-10-17(24)14(21(25)26)11-23(15)16;;/h11-14,17H,6-10H2,1-5H3;9-12,15H,5-8H2,1-4H3,(H,25,26);;1H2/q;;+1;/p-1/t17-;15-;;/m00../s1. The van der Waals surface area contributed by atoms with E-state index in [9.17, 15) is 24.3 Å².